The van der Waals surface area contributed by atoms with Crippen LogP contribution in [0.4, 0.5) is 0 Å². The Morgan fingerprint density at radius 2 is 2.09 bits per heavy atom. The van der Waals surface area contributed by atoms with Gasteiger partial charge in [-0.2, -0.15) is 0 Å². The third-order valence-electron chi connectivity index (χ3n) is 5.56. The molecule has 1 fully saturated rings. The zero-order chi connectivity index (χ0) is 23.5. The van der Waals surface area contributed by atoms with Gasteiger partial charge in [0, 0.05) is 43.2 Å². The number of carbonyl (C=O) groups is 2. The summed E-state index contributed by atoms with van der Waals surface area (Å²) < 4.78 is 11.8. The smallest absolute Gasteiger partial charge is 0.330 e. The quantitative estimate of drug-likeness (QED) is 0.370. The van der Waals surface area contributed by atoms with Gasteiger partial charge in [0.1, 0.15) is 24.0 Å². The molecule has 0 unspecified atom stereocenters. The molecular weight excluding hydrogens is 432 g/mol. The van der Waals surface area contributed by atoms with Gasteiger partial charge in [-0.05, 0) is 18.1 Å². The molecule has 0 aliphatic carbocycles. The van der Waals surface area contributed by atoms with Crippen molar-refractivity contribution >= 4 is 22.8 Å². The van der Waals surface area contributed by atoms with Gasteiger partial charge < -0.3 is 24.9 Å². The summed E-state index contributed by atoms with van der Waals surface area (Å²) in [5, 5.41) is 13.2. The predicted octanol–water partition coefficient (Wildman–Crippen LogP) is 0.202. The number of aromatic nitrogens is 3. The molecule has 0 radical (unpaired) electrons. The highest BCUT2D eigenvalue weighted by atomic mass is 16.6. The number of hydrogen-bond donors (Lipinski definition) is 4. The topological polar surface area (TPSA) is 156 Å². The summed E-state index contributed by atoms with van der Waals surface area (Å²) in [5.74, 6) is -1.19. The fourth-order valence-electron chi connectivity index (χ4n) is 3.98. The second-order valence-electron chi connectivity index (χ2n) is 7.77. The SMILES string of the molecule is CC(=O)O[C@H]1C[C@H](n2cc(C(=O)NCCc3c[nH]c4ccccc34)c(=O)[nH]c2=O)O[C@@H]1CO. The predicted molar refractivity (Wildman–Crippen MR) is 117 cm³/mol. The van der Waals surface area contributed by atoms with Crippen LogP contribution in [0.1, 0.15) is 35.5 Å². The maximum Gasteiger partial charge on any atom is 0.330 e. The second kappa shape index (κ2) is 9.43. The molecule has 3 atom stereocenters. The first-order valence-corrected chi connectivity index (χ1v) is 10.5. The maximum atomic E-state index is 12.7. The van der Waals surface area contributed by atoms with Gasteiger partial charge in [-0.15, -0.1) is 0 Å². The number of aliphatic hydroxyl groups excluding tert-OH is 1. The number of hydrogen-bond acceptors (Lipinski definition) is 7. The lowest BCUT2D eigenvalue weighted by Crippen LogP contribution is -2.38. The van der Waals surface area contributed by atoms with E-state index in [9.17, 15) is 24.3 Å². The summed E-state index contributed by atoms with van der Waals surface area (Å²) >= 11 is 0. The minimum atomic E-state index is -0.923. The number of esters is 1. The first-order valence-electron chi connectivity index (χ1n) is 10.5. The number of H-pyrrole nitrogens is 2. The third-order valence-corrected chi connectivity index (χ3v) is 5.56. The summed E-state index contributed by atoms with van der Waals surface area (Å²) in [6, 6.07) is 7.79. The van der Waals surface area contributed by atoms with Crippen molar-refractivity contribution in [1.82, 2.24) is 19.9 Å². The number of ether oxygens (including phenoxy) is 2. The van der Waals surface area contributed by atoms with Gasteiger partial charge in [0.2, 0.25) is 0 Å². The Morgan fingerprint density at radius 3 is 2.85 bits per heavy atom. The summed E-state index contributed by atoms with van der Waals surface area (Å²) in [7, 11) is 0. The van der Waals surface area contributed by atoms with E-state index in [1.807, 2.05) is 30.5 Å². The van der Waals surface area contributed by atoms with Crippen LogP contribution >= 0.6 is 0 Å². The van der Waals surface area contributed by atoms with Gasteiger partial charge in [-0.1, -0.05) is 18.2 Å². The van der Waals surface area contributed by atoms with Gasteiger partial charge >= 0.3 is 11.7 Å². The van der Waals surface area contributed by atoms with Crippen molar-refractivity contribution in [2.24, 2.45) is 0 Å². The van der Waals surface area contributed by atoms with Crippen molar-refractivity contribution in [2.75, 3.05) is 13.2 Å². The van der Waals surface area contributed by atoms with Crippen LogP contribution in [0.2, 0.25) is 0 Å². The van der Waals surface area contributed by atoms with E-state index in [4.69, 9.17) is 9.47 Å². The highest BCUT2D eigenvalue weighted by Crippen LogP contribution is 2.29. The Bertz CT molecular complexity index is 1290. The second-order valence-corrected chi connectivity index (χ2v) is 7.77. The van der Waals surface area contributed by atoms with Crippen molar-refractivity contribution in [2.45, 2.75) is 38.2 Å². The minimum absolute atomic E-state index is 0.0817. The summed E-state index contributed by atoms with van der Waals surface area (Å²) in [6.45, 7) is 1.08. The number of carbonyl (C=O) groups excluding carboxylic acids is 2. The van der Waals surface area contributed by atoms with Crippen LogP contribution in [0.5, 0.6) is 0 Å². The molecule has 1 aromatic carbocycles. The van der Waals surface area contributed by atoms with Gasteiger partial charge in [0.25, 0.3) is 11.5 Å². The third kappa shape index (κ3) is 4.73. The monoisotopic (exact) mass is 456 g/mol. The first kappa shape index (κ1) is 22.5. The van der Waals surface area contributed by atoms with Crippen molar-refractivity contribution in [3.63, 3.8) is 0 Å². The molecule has 11 heteroatoms. The van der Waals surface area contributed by atoms with Crippen molar-refractivity contribution in [1.29, 1.82) is 0 Å². The summed E-state index contributed by atoms with van der Waals surface area (Å²) in [4.78, 5) is 53.8. The molecule has 1 aliphatic rings. The largest absolute Gasteiger partial charge is 0.460 e. The van der Waals surface area contributed by atoms with Gasteiger partial charge in [0.15, 0.2) is 0 Å². The molecule has 4 N–H and O–H groups in total. The number of rotatable bonds is 7. The van der Waals surface area contributed by atoms with Crippen molar-refractivity contribution < 1.29 is 24.2 Å². The fourth-order valence-corrected chi connectivity index (χ4v) is 3.98. The molecular formula is C22H24N4O7. The van der Waals surface area contributed by atoms with E-state index in [1.165, 1.54) is 6.92 Å². The Balaban J connectivity index is 1.47. The number of benzene rings is 1. The molecule has 3 aromatic rings. The molecule has 4 rings (SSSR count). The van der Waals surface area contributed by atoms with Crippen LogP contribution in [0, 0.1) is 0 Å². The Hall–Kier alpha value is -3.70. The van der Waals surface area contributed by atoms with E-state index in [0.717, 1.165) is 27.2 Å². The number of para-hydroxylation sites is 1. The average molecular weight is 456 g/mol. The summed E-state index contributed by atoms with van der Waals surface area (Å²) in [5.41, 5.74) is 0.158. The van der Waals surface area contributed by atoms with Gasteiger partial charge in [-0.25, -0.2) is 4.79 Å². The van der Waals surface area contributed by atoms with Crippen LogP contribution in [0.15, 0.2) is 46.2 Å². The minimum Gasteiger partial charge on any atom is -0.460 e. The van der Waals surface area contributed by atoms with Crippen LogP contribution in [-0.4, -0.2) is 56.9 Å². The van der Waals surface area contributed by atoms with Crippen LogP contribution in [0.3, 0.4) is 0 Å². The molecule has 33 heavy (non-hydrogen) atoms. The number of fused-ring (bicyclic) bond motifs is 1. The zero-order valence-corrected chi connectivity index (χ0v) is 17.9. The van der Waals surface area contributed by atoms with Gasteiger partial charge in [0.05, 0.1) is 6.61 Å². The van der Waals surface area contributed by atoms with Crippen LogP contribution in [-0.2, 0) is 20.7 Å². The molecule has 0 spiro atoms. The molecule has 1 aliphatic heterocycles. The van der Waals surface area contributed by atoms with E-state index >= 15 is 0 Å². The molecule has 0 saturated carbocycles. The average Bonchev–Trinajstić information content (AvgIpc) is 3.37. The van der Waals surface area contributed by atoms with E-state index in [0.29, 0.717) is 6.42 Å². The summed E-state index contributed by atoms with van der Waals surface area (Å²) in [6.07, 6.45) is 1.11. The molecule has 0 bridgehead atoms. The molecule has 1 amide bonds. The van der Waals surface area contributed by atoms with E-state index in [1.54, 1.807) is 0 Å². The highest BCUT2D eigenvalue weighted by Gasteiger charge is 2.38. The Labute approximate surface area is 187 Å². The lowest BCUT2D eigenvalue weighted by atomic mass is 10.1. The number of aromatic amines is 2. The lowest BCUT2D eigenvalue weighted by Gasteiger charge is -2.15. The van der Waals surface area contributed by atoms with Crippen molar-refractivity contribution in [3.8, 4) is 0 Å². The number of amides is 1. The van der Waals surface area contributed by atoms with Gasteiger partial charge in [-0.3, -0.25) is 23.9 Å². The zero-order valence-electron chi connectivity index (χ0n) is 17.9. The fraction of sp³-hybridized carbons (Fsp3) is 0.364. The molecule has 1 saturated heterocycles. The lowest BCUT2D eigenvalue weighted by molar-refractivity contribution is -0.150. The first-order chi connectivity index (χ1) is 15.9. The van der Waals surface area contributed by atoms with E-state index < -0.39 is 48.2 Å². The standard InChI is InChI=1S/C22H24N4O7/c1-12(28)32-17-8-19(33-18(17)11-27)26-10-15(21(30)25-22(26)31)20(29)23-7-6-13-9-24-16-5-3-2-4-14(13)16/h2-5,9-10,17-19,24,27H,6-8,11H2,1H3,(H,23,29)(H,25,30,31)/t17-,18+,19+/m0/s1. The number of nitrogens with one attached hydrogen (secondary N) is 3. The van der Waals surface area contributed by atoms with E-state index in [-0.39, 0.29) is 18.5 Å². The molecule has 2 aromatic heterocycles. The molecule has 174 valence electrons. The van der Waals surface area contributed by atoms with E-state index in [2.05, 4.69) is 15.3 Å². The Morgan fingerprint density at radius 1 is 1.30 bits per heavy atom. The highest BCUT2D eigenvalue weighted by molar-refractivity contribution is 5.93. The molecule has 3 heterocycles. The van der Waals surface area contributed by atoms with Crippen molar-refractivity contribution in [3.05, 3.63) is 68.6 Å². The molecule has 11 nitrogen and oxygen atoms in total. The van der Waals surface area contributed by atoms with Crippen LogP contribution in [0.25, 0.3) is 10.9 Å². The number of nitrogens with zero attached hydrogens (tertiary/aromatic N) is 1. The number of aliphatic hydroxyl groups is 1. The maximum absolute atomic E-state index is 12.7. The normalized spacial score (nSPS) is 20.1. The Kier molecular flexibility index (Phi) is 6.43. The van der Waals surface area contributed by atoms with Crippen LogP contribution < -0.4 is 16.6 Å².